The van der Waals surface area contributed by atoms with Gasteiger partial charge in [0, 0.05) is 25.0 Å². The largest absolute Gasteiger partial charge is 0.477 e. The summed E-state index contributed by atoms with van der Waals surface area (Å²) in [5.41, 5.74) is 0. The molecule has 2 aromatic rings. The molecule has 1 saturated heterocycles. The zero-order valence-electron chi connectivity index (χ0n) is 13.2. The summed E-state index contributed by atoms with van der Waals surface area (Å²) in [7, 11) is -2.60. The third-order valence-electron chi connectivity index (χ3n) is 3.69. The van der Waals surface area contributed by atoms with E-state index in [2.05, 4.69) is 9.97 Å². The van der Waals surface area contributed by atoms with Gasteiger partial charge in [0.15, 0.2) is 0 Å². The maximum Gasteiger partial charge on any atom is 0.278 e. The first-order valence-electron chi connectivity index (χ1n) is 7.38. The predicted molar refractivity (Wildman–Crippen MR) is 82.7 cm³/mol. The first-order valence-corrected chi connectivity index (χ1v) is 8.82. The van der Waals surface area contributed by atoms with Crippen molar-refractivity contribution in [3.05, 3.63) is 42.2 Å². The smallest absolute Gasteiger partial charge is 0.278 e. The van der Waals surface area contributed by atoms with E-state index in [1.54, 1.807) is 0 Å². The average molecular weight is 371 g/mol. The van der Waals surface area contributed by atoms with Crippen LogP contribution in [0.5, 0.6) is 11.8 Å². The van der Waals surface area contributed by atoms with Crippen LogP contribution in [0.4, 0.5) is 8.78 Å². The van der Waals surface area contributed by atoms with Gasteiger partial charge < -0.3 is 9.47 Å². The molecule has 1 aliphatic heterocycles. The maximum absolute atomic E-state index is 13.3. The molecule has 0 saturated carbocycles. The lowest BCUT2D eigenvalue weighted by atomic mass is 10.3. The molecule has 0 amide bonds. The predicted octanol–water partition coefficient (Wildman–Crippen LogP) is 1.61. The number of hydrogen-bond donors (Lipinski definition) is 0. The number of benzene rings is 1. The Balaban J connectivity index is 1.75. The summed E-state index contributed by atoms with van der Waals surface area (Å²) in [6.07, 6.45) is 2.79. The summed E-state index contributed by atoms with van der Waals surface area (Å²) >= 11 is 0. The minimum Gasteiger partial charge on any atom is -0.477 e. The molecular formula is C15H15F2N3O4S. The summed E-state index contributed by atoms with van der Waals surface area (Å²) in [5, 5.41) is 0. The molecule has 1 aromatic heterocycles. The Kier molecular flexibility index (Phi) is 4.82. The van der Waals surface area contributed by atoms with Gasteiger partial charge in [-0.2, -0.15) is 4.31 Å². The van der Waals surface area contributed by atoms with Crippen molar-refractivity contribution in [2.75, 3.05) is 20.2 Å². The molecule has 0 radical (unpaired) electrons. The van der Waals surface area contributed by atoms with Crippen LogP contribution in [0.3, 0.4) is 0 Å². The van der Waals surface area contributed by atoms with Gasteiger partial charge in [0.2, 0.25) is 10.0 Å². The van der Waals surface area contributed by atoms with Crippen molar-refractivity contribution in [1.29, 1.82) is 0 Å². The SMILES string of the molecule is COc1nccnc1OC1CCN(S(=O)(=O)c2cc(F)cc(F)c2)C1. The third-order valence-corrected chi connectivity index (χ3v) is 5.53. The Hall–Kier alpha value is -2.33. The normalized spacial score (nSPS) is 18.3. The number of aromatic nitrogens is 2. The van der Waals surface area contributed by atoms with Gasteiger partial charge in [-0.1, -0.05) is 0 Å². The van der Waals surface area contributed by atoms with Crippen LogP contribution in [-0.2, 0) is 10.0 Å². The zero-order valence-corrected chi connectivity index (χ0v) is 14.0. The summed E-state index contributed by atoms with van der Waals surface area (Å²) in [4.78, 5) is 7.53. The topological polar surface area (TPSA) is 81.6 Å². The first-order chi connectivity index (χ1) is 11.9. The number of methoxy groups -OCH3 is 1. The van der Waals surface area contributed by atoms with Gasteiger partial charge in [0.25, 0.3) is 11.8 Å². The van der Waals surface area contributed by atoms with E-state index < -0.39 is 32.7 Å². The number of rotatable bonds is 5. The van der Waals surface area contributed by atoms with Crippen molar-refractivity contribution in [2.24, 2.45) is 0 Å². The van der Waals surface area contributed by atoms with E-state index in [1.807, 2.05) is 0 Å². The molecule has 1 unspecified atom stereocenters. The van der Waals surface area contributed by atoms with Crippen LogP contribution in [-0.4, -0.2) is 49.0 Å². The molecule has 0 aliphatic carbocycles. The Labute approximate surface area is 143 Å². The highest BCUT2D eigenvalue weighted by Crippen LogP contribution is 2.27. The summed E-state index contributed by atoms with van der Waals surface area (Å²) in [6.45, 7) is 0.188. The minimum atomic E-state index is -4.02. The van der Waals surface area contributed by atoms with Crippen molar-refractivity contribution >= 4 is 10.0 Å². The molecule has 7 nitrogen and oxygen atoms in total. The Morgan fingerprint density at radius 2 is 1.76 bits per heavy atom. The molecule has 25 heavy (non-hydrogen) atoms. The zero-order chi connectivity index (χ0) is 18.0. The number of ether oxygens (including phenoxy) is 2. The van der Waals surface area contributed by atoms with Crippen LogP contribution in [0.15, 0.2) is 35.5 Å². The van der Waals surface area contributed by atoms with Crippen LogP contribution in [0.25, 0.3) is 0 Å². The van der Waals surface area contributed by atoms with Crippen molar-refractivity contribution in [1.82, 2.24) is 14.3 Å². The fourth-order valence-corrected chi connectivity index (χ4v) is 4.06. The van der Waals surface area contributed by atoms with Gasteiger partial charge in [-0.3, -0.25) is 0 Å². The molecule has 134 valence electrons. The second kappa shape index (κ2) is 6.89. The Morgan fingerprint density at radius 1 is 1.12 bits per heavy atom. The quantitative estimate of drug-likeness (QED) is 0.794. The monoisotopic (exact) mass is 371 g/mol. The summed E-state index contributed by atoms with van der Waals surface area (Å²) in [5.74, 6) is -1.55. The van der Waals surface area contributed by atoms with E-state index in [0.29, 0.717) is 12.5 Å². The van der Waals surface area contributed by atoms with Gasteiger partial charge in [0.1, 0.15) is 17.7 Å². The van der Waals surface area contributed by atoms with Crippen molar-refractivity contribution in [3.8, 4) is 11.8 Å². The number of halogens is 2. The van der Waals surface area contributed by atoms with Gasteiger partial charge >= 0.3 is 0 Å². The lowest BCUT2D eigenvalue weighted by Crippen LogP contribution is -2.31. The van der Waals surface area contributed by atoms with Crippen LogP contribution >= 0.6 is 0 Å². The average Bonchev–Trinajstić information content (AvgIpc) is 3.04. The van der Waals surface area contributed by atoms with E-state index in [9.17, 15) is 17.2 Å². The highest BCUT2D eigenvalue weighted by molar-refractivity contribution is 7.89. The first kappa shape index (κ1) is 17.5. The Morgan fingerprint density at radius 3 is 2.40 bits per heavy atom. The van der Waals surface area contributed by atoms with Gasteiger partial charge in [0.05, 0.1) is 18.6 Å². The van der Waals surface area contributed by atoms with E-state index in [1.165, 1.54) is 19.5 Å². The minimum absolute atomic E-state index is 0.0280. The van der Waals surface area contributed by atoms with Crippen molar-refractivity contribution in [3.63, 3.8) is 0 Å². The molecule has 3 rings (SSSR count). The molecule has 1 fully saturated rings. The van der Waals surface area contributed by atoms with Gasteiger partial charge in [-0.15, -0.1) is 0 Å². The van der Waals surface area contributed by atoms with Crippen LogP contribution < -0.4 is 9.47 Å². The van der Waals surface area contributed by atoms with E-state index in [-0.39, 0.29) is 24.8 Å². The molecule has 0 bridgehead atoms. The molecule has 1 atom stereocenters. The van der Waals surface area contributed by atoms with Crippen LogP contribution in [0.1, 0.15) is 6.42 Å². The Bertz CT molecular complexity index is 859. The molecule has 1 aromatic carbocycles. The number of nitrogens with zero attached hydrogens (tertiary/aromatic N) is 3. The fraction of sp³-hybridized carbons (Fsp3) is 0.333. The highest BCUT2D eigenvalue weighted by Gasteiger charge is 2.34. The third kappa shape index (κ3) is 3.69. The summed E-state index contributed by atoms with van der Waals surface area (Å²) < 4.78 is 63.5. The van der Waals surface area contributed by atoms with Gasteiger partial charge in [-0.05, 0) is 18.6 Å². The number of hydrogen-bond acceptors (Lipinski definition) is 6. The van der Waals surface area contributed by atoms with Crippen LogP contribution in [0.2, 0.25) is 0 Å². The molecule has 2 heterocycles. The van der Waals surface area contributed by atoms with E-state index in [4.69, 9.17) is 9.47 Å². The van der Waals surface area contributed by atoms with Crippen molar-refractivity contribution < 1.29 is 26.7 Å². The molecular weight excluding hydrogens is 356 g/mol. The van der Waals surface area contributed by atoms with Gasteiger partial charge in [-0.25, -0.2) is 27.2 Å². The molecule has 1 aliphatic rings. The molecule has 0 N–H and O–H groups in total. The molecule has 10 heteroatoms. The standard InChI is InChI=1S/C15H15F2N3O4S/c1-23-14-15(19-4-3-18-14)24-12-2-5-20(9-12)25(21,22)13-7-10(16)6-11(17)8-13/h3-4,6-8,12H,2,5,9H2,1H3. The summed E-state index contributed by atoms with van der Waals surface area (Å²) in [6, 6.07) is 2.20. The van der Waals surface area contributed by atoms with Crippen LogP contribution in [0, 0.1) is 11.6 Å². The second-order valence-electron chi connectivity index (χ2n) is 5.37. The maximum atomic E-state index is 13.3. The highest BCUT2D eigenvalue weighted by atomic mass is 32.2. The molecule has 0 spiro atoms. The number of sulfonamides is 1. The van der Waals surface area contributed by atoms with E-state index in [0.717, 1.165) is 16.4 Å². The van der Waals surface area contributed by atoms with Crippen molar-refractivity contribution in [2.45, 2.75) is 17.4 Å². The lowest BCUT2D eigenvalue weighted by Gasteiger charge is -2.17. The van der Waals surface area contributed by atoms with E-state index >= 15 is 0 Å². The fourth-order valence-electron chi connectivity index (χ4n) is 2.53. The second-order valence-corrected chi connectivity index (χ2v) is 7.31. The lowest BCUT2D eigenvalue weighted by molar-refractivity contribution is 0.194.